The van der Waals surface area contributed by atoms with Crippen LogP contribution in [0.2, 0.25) is 0 Å². The van der Waals surface area contributed by atoms with Crippen molar-refractivity contribution in [2.75, 3.05) is 6.26 Å². The molecule has 0 spiro atoms. The largest absolute Gasteiger partial charge is 0.276 e. The Labute approximate surface area is 97.7 Å². The van der Waals surface area contributed by atoms with Gasteiger partial charge in [-0.15, -0.1) is 0 Å². The topological polar surface area (TPSA) is 89.3 Å². The Morgan fingerprint density at radius 3 is 2.53 bits per heavy atom. The Morgan fingerprint density at radius 1 is 1.47 bits per heavy atom. The van der Waals surface area contributed by atoms with Gasteiger partial charge in [0.15, 0.2) is 0 Å². The highest BCUT2D eigenvalue weighted by Crippen LogP contribution is 2.22. The number of benzene rings is 1. The molecule has 0 aliphatic rings. The molecule has 0 fully saturated rings. The van der Waals surface area contributed by atoms with Crippen LogP contribution in [0.4, 0.5) is 10.1 Å². The third-order valence-corrected chi connectivity index (χ3v) is 2.75. The Morgan fingerprint density at radius 2 is 2.06 bits per heavy atom. The van der Waals surface area contributed by atoms with Crippen LogP contribution in [-0.4, -0.2) is 19.6 Å². The molecule has 1 rings (SSSR count). The summed E-state index contributed by atoms with van der Waals surface area (Å²) in [6, 6.07) is 2.04. The Balaban J connectivity index is 3.13. The molecular weight excluding hydrogens is 251 g/mol. The van der Waals surface area contributed by atoms with Crippen molar-refractivity contribution in [2.24, 2.45) is 0 Å². The van der Waals surface area contributed by atoms with Gasteiger partial charge in [0, 0.05) is 12.1 Å². The molecule has 1 aromatic carbocycles. The molecule has 0 amide bonds. The van der Waals surface area contributed by atoms with E-state index < -0.39 is 26.5 Å². The smallest absolute Gasteiger partial charge is 0.258 e. The second kappa shape index (κ2) is 4.76. The zero-order valence-electron chi connectivity index (χ0n) is 9.23. The van der Waals surface area contributed by atoms with Gasteiger partial charge in [0.25, 0.3) is 5.69 Å². The van der Waals surface area contributed by atoms with Crippen molar-refractivity contribution in [3.8, 4) is 0 Å². The van der Waals surface area contributed by atoms with Gasteiger partial charge in [-0.25, -0.2) is 17.5 Å². The van der Waals surface area contributed by atoms with E-state index in [1.54, 1.807) is 0 Å². The SMILES string of the molecule is Cc1cc(CNS(C)(=O)=O)c([N+](=O)[O-])cc1F. The number of nitro groups is 1. The average Bonchev–Trinajstić information content (AvgIpc) is 2.17. The number of hydrogen-bond acceptors (Lipinski definition) is 4. The van der Waals surface area contributed by atoms with E-state index in [9.17, 15) is 22.9 Å². The molecule has 8 heteroatoms. The van der Waals surface area contributed by atoms with Crippen molar-refractivity contribution in [3.05, 3.63) is 39.2 Å². The summed E-state index contributed by atoms with van der Waals surface area (Å²) >= 11 is 0. The van der Waals surface area contributed by atoms with Crippen LogP contribution in [0.5, 0.6) is 0 Å². The van der Waals surface area contributed by atoms with Crippen LogP contribution >= 0.6 is 0 Å². The molecule has 0 aliphatic heterocycles. The maximum Gasteiger partial charge on any atom is 0.276 e. The van der Waals surface area contributed by atoms with E-state index >= 15 is 0 Å². The molecule has 0 aromatic heterocycles. The van der Waals surface area contributed by atoms with Crippen molar-refractivity contribution >= 4 is 15.7 Å². The molecule has 1 N–H and O–H groups in total. The molecule has 0 saturated carbocycles. The number of nitrogens with one attached hydrogen (secondary N) is 1. The predicted molar refractivity (Wildman–Crippen MR) is 59.5 cm³/mol. The van der Waals surface area contributed by atoms with Gasteiger partial charge in [-0.3, -0.25) is 10.1 Å². The standard InChI is InChI=1S/C9H11FN2O4S/c1-6-3-7(5-11-17(2,15)16)9(12(13)14)4-8(6)10/h3-4,11H,5H2,1-2H3. The molecule has 0 heterocycles. The summed E-state index contributed by atoms with van der Waals surface area (Å²) in [5.74, 6) is -0.695. The van der Waals surface area contributed by atoms with Crippen molar-refractivity contribution in [1.82, 2.24) is 4.72 Å². The highest BCUT2D eigenvalue weighted by Gasteiger charge is 2.17. The lowest BCUT2D eigenvalue weighted by atomic mass is 10.1. The summed E-state index contributed by atoms with van der Waals surface area (Å²) in [5, 5.41) is 10.7. The lowest BCUT2D eigenvalue weighted by Crippen LogP contribution is -2.21. The number of halogens is 1. The van der Waals surface area contributed by atoms with Gasteiger partial charge in [-0.1, -0.05) is 0 Å². The molecule has 1 aromatic rings. The Bertz CT molecular complexity index is 556. The third kappa shape index (κ3) is 3.75. The fraction of sp³-hybridized carbons (Fsp3) is 0.333. The van der Waals surface area contributed by atoms with Crippen molar-refractivity contribution in [3.63, 3.8) is 0 Å². The van der Waals surface area contributed by atoms with Crippen LogP contribution < -0.4 is 4.72 Å². The number of hydrogen-bond donors (Lipinski definition) is 1. The number of aryl methyl sites for hydroxylation is 1. The molecule has 0 atom stereocenters. The number of sulfonamides is 1. The first kappa shape index (κ1) is 13.5. The maximum atomic E-state index is 13.2. The zero-order chi connectivity index (χ0) is 13.2. The predicted octanol–water partition coefficient (Wildman–Crippen LogP) is 1.09. The summed E-state index contributed by atoms with van der Waals surface area (Å²) in [6.45, 7) is 1.21. The fourth-order valence-corrected chi connectivity index (χ4v) is 1.67. The van der Waals surface area contributed by atoms with Crippen LogP contribution in [0.25, 0.3) is 0 Å². The second-order valence-corrected chi connectivity index (χ2v) is 5.41. The van der Waals surface area contributed by atoms with Crippen LogP contribution in [0.15, 0.2) is 12.1 Å². The summed E-state index contributed by atoms with van der Waals surface area (Å²) in [5.41, 5.74) is -0.0931. The number of nitro benzene ring substituents is 1. The lowest BCUT2D eigenvalue weighted by molar-refractivity contribution is -0.385. The molecule has 6 nitrogen and oxygen atoms in total. The normalized spacial score (nSPS) is 11.5. The summed E-state index contributed by atoms with van der Waals surface area (Å²) in [6.07, 6.45) is 0.940. The molecule has 0 saturated heterocycles. The molecular formula is C9H11FN2O4S. The van der Waals surface area contributed by atoms with Crippen molar-refractivity contribution in [1.29, 1.82) is 0 Å². The van der Waals surface area contributed by atoms with Crippen molar-refractivity contribution in [2.45, 2.75) is 13.5 Å². The number of nitrogens with zero attached hydrogens (tertiary/aromatic N) is 1. The fourth-order valence-electron chi connectivity index (χ4n) is 1.25. The molecule has 0 radical (unpaired) electrons. The van der Waals surface area contributed by atoms with E-state index in [1.165, 1.54) is 13.0 Å². The number of rotatable bonds is 4. The van der Waals surface area contributed by atoms with Crippen LogP contribution in [0, 0.1) is 22.9 Å². The summed E-state index contributed by atoms with van der Waals surface area (Å²) < 4.78 is 37.0. The quantitative estimate of drug-likeness (QED) is 0.649. The summed E-state index contributed by atoms with van der Waals surface area (Å²) in [7, 11) is -3.45. The first-order valence-corrected chi connectivity index (χ1v) is 6.48. The van der Waals surface area contributed by atoms with Crippen molar-refractivity contribution < 1.29 is 17.7 Å². The van der Waals surface area contributed by atoms with E-state index in [2.05, 4.69) is 4.72 Å². The molecule has 0 bridgehead atoms. The monoisotopic (exact) mass is 262 g/mol. The zero-order valence-corrected chi connectivity index (χ0v) is 10.0. The molecule has 0 unspecified atom stereocenters. The Kier molecular flexibility index (Phi) is 3.79. The van der Waals surface area contributed by atoms with E-state index in [0.717, 1.165) is 12.3 Å². The van der Waals surface area contributed by atoms with Gasteiger partial charge in [0.2, 0.25) is 10.0 Å². The van der Waals surface area contributed by atoms with Crippen LogP contribution in [0.3, 0.4) is 0 Å². The van der Waals surface area contributed by atoms with Gasteiger partial charge >= 0.3 is 0 Å². The molecule has 0 aliphatic carbocycles. The Hall–Kier alpha value is -1.54. The molecule has 94 valence electrons. The van der Waals surface area contributed by atoms with E-state index in [4.69, 9.17) is 0 Å². The first-order valence-electron chi connectivity index (χ1n) is 4.59. The molecule has 17 heavy (non-hydrogen) atoms. The van der Waals surface area contributed by atoms with Gasteiger partial charge in [-0.2, -0.15) is 0 Å². The van der Waals surface area contributed by atoms with Gasteiger partial charge in [-0.05, 0) is 18.6 Å². The van der Waals surface area contributed by atoms with Gasteiger partial charge < -0.3 is 0 Å². The van der Waals surface area contributed by atoms with Crippen LogP contribution in [-0.2, 0) is 16.6 Å². The van der Waals surface area contributed by atoms with Gasteiger partial charge in [0.05, 0.1) is 17.2 Å². The maximum absolute atomic E-state index is 13.2. The van der Waals surface area contributed by atoms with E-state index in [1.807, 2.05) is 0 Å². The van der Waals surface area contributed by atoms with E-state index in [0.29, 0.717) is 0 Å². The lowest BCUT2D eigenvalue weighted by Gasteiger charge is -2.05. The first-order chi connectivity index (χ1) is 7.70. The third-order valence-electron chi connectivity index (χ3n) is 2.08. The minimum atomic E-state index is -3.45. The minimum absolute atomic E-state index is 0.124. The second-order valence-electron chi connectivity index (χ2n) is 3.58. The average molecular weight is 262 g/mol. The van der Waals surface area contributed by atoms with Gasteiger partial charge in [0.1, 0.15) is 5.82 Å². The van der Waals surface area contributed by atoms with Crippen LogP contribution in [0.1, 0.15) is 11.1 Å². The highest BCUT2D eigenvalue weighted by atomic mass is 32.2. The highest BCUT2D eigenvalue weighted by molar-refractivity contribution is 7.88. The minimum Gasteiger partial charge on any atom is -0.258 e. The summed E-state index contributed by atoms with van der Waals surface area (Å²) in [4.78, 5) is 9.92. The van der Waals surface area contributed by atoms with E-state index in [-0.39, 0.29) is 17.7 Å².